The molecule has 0 N–H and O–H groups in total. The van der Waals surface area contributed by atoms with E-state index < -0.39 is 33.1 Å². The van der Waals surface area contributed by atoms with E-state index in [4.69, 9.17) is 79.1 Å². The lowest BCUT2D eigenvalue weighted by Gasteiger charge is -2.14. The van der Waals surface area contributed by atoms with Gasteiger partial charge in [-0.3, -0.25) is 0 Å². The Labute approximate surface area is 166 Å². The number of rotatable bonds is 4. The summed E-state index contributed by atoms with van der Waals surface area (Å²) in [6.45, 7) is -1.07. The van der Waals surface area contributed by atoms with Gasteiger partial charge < -0.3 is 18.9 Å². The molecule has 0 aromatic heterocycles. The van der Waals surface area contributed by atoms with E-state index in [1.54, 1.807) is 0 Å². The first-order valence-corrected chi connectivity index (χ1v) is 8.15. The smallest absolute Gasteiger partial charge is 0.429 e. The molecule has 12 heteroatoms. The predicted molar refractivity (Wildman–Crippen MR) is 91.0 cm³/mol. The Morgan fingerprint density at radius 2 is 1.08 bits per heavy atom. The minimum Gasteiger partial charge on any atom is -0.429 e. The number of para-hydroxylation sites is 2. The summed E-state index contributed by atoms with van der Waals surface area (Å²) in [7, 11) is 0. The number of halogens is 6. The van der Waals surface area contributed by atoms with Crippen LogP contribution in [0, 0.1) is 0 Å². The Morgan fingerprint density at radius 3 is 1.38 bits per heavy atom. The number of alkyl halides is 6. The molecule has 0 saturated heterocycles. The topological polar surface area (TPSA) is 71.1 Å². The molecule has 134 valence electrons. The fourth-order valence-electron chi connectivity index (χ4n) is 1.14. The minimum absolute atomic E-state index is 0.141. The summed E-state index contributed by atoms with van der Waals surface area (Å²) in [5.41, 5.74) is 0. The van der Waals surface area contributed by atoms with Crippen molar-refractivity contribution >= 4 is 81.9 Å². The van der Waals surface area contributed by atoms with E-state index in [1.165, 1.54) is 24.3 Å². The van der Waals surface area contributed by atoms with Crippen molar-refractivity contribution in [3.8, 4) is 11.5 Å². The molecule has 0 fully saturated rings. The van der Waals surface area contributed by atoms with Gasteiger partial charge >= 0.3 is 12.3 Å². The molecule has 0 aliphatic heterocycles. The van der Waals surface area contributed by atoms with Gasteiger partial charge in [0.2, 0.25) is 7.59 Å². The van der Waals surface area contributed by atoms with Crippen LogP contribution in [0.5, 0.6) is 11.5 Å². The normalized spacial score (nSPS) is 11.6. The van der Waals surface area contributed by atoms with Crippen LogP contribution >= 0.6 is 69.6 Å². The number of hydrogen-bond donors (Lipinski definition) is 0. The van der Waals surface area contributed by atoms with E-state index >= 15 is 0 Å². The quantitative estimate of drug-likeness (QED) is 0.337. The summed E-state index contributed by atoms with van der Waals surface area (Å²) in [6, 6.07) is 5.68. The minimum atomic E-state index is -1.80. The van der Waals surface area contributed by atoms with E-state index in [1.807, 2.05) is 0 Å². The second-order valence-electron chi connectivity index (χ2n) is 3.96. The third kappa shape index (κ3) is 9.71. The third-order valence-electron chi connectivity index (χ3n) is 1.94. The lowest BCUT2D eigenvalue weighted by Crippen LogP contribution is -2.21. The van der Waals surface area contributed by atoms with Crippen molar-refractivity contribution in [1.82, 2.24) is 0 Å². The highest BCUT2D eigenvalue weighted by Crippen LogP contribution is 2.30. The van der Waals surface area contributed by atoms with Gasteiger partial charge in [0, 0.05) is 0 Å². The summed E-state index contributed by atoms with van der Waals surface area (Å²) in [5, 5.41) is 0. The average molecular weight is 461 g/mol. The van der Waals surface area contributed by atoms with Crippen LogP contribution in [0.2, 0.25) is 0 Å². The fourth-order valence-corrected chi connectivity index (χ4v) is 1.47. The van der Waals surface area contributed by atoms with Crippen molar-refractivity contribution in [2.24, 2.45) is 0 Å². The maximum absolute atomic E-state index is 11.5. The molecule has 0 spiro atoms. The average Bonchev–Trinajstić information content (AvgIpc) is 2.44. The maximum Gasteiger partial charge on any atom is 0.514 e. The van der Waals surface area contributed by atoms with Gasteiger partial charge in [-0.15, -0.1) is 0 Å². The lowest BCUT2D eigenvalue weighted by molar-refractivity contribution is 0.0910. The van der Waals surface area contributed by atoms with Crippen molar-refractivity contribution in [3.63, 3.8) is 0 Å². The van der Waals surface area contributed by atoms with Gasteiger partial charge in [0.05, 0.1) is 0 Å². The molecule has 1 aromatic carbocycles. The van der Waals surface area contributed by atoms with E-state index in [2.05, 4.69) is 9.47 Å². The van der Waals surface area contributed by atoms with Gasteiger partial charge in [-0.25, -0.2) is 9.59 Å². The Balaban J connectivity index is 2.64. The number of hydrogen-bond acceptors (Lipinski definition) is 6. The van der Waals surface area contributed by atoms with Crippen molar-refractivity contribution in [1.29, 1.82) is 0 Å². The van der Waals surface area contributed by atoms with Crippen molar-refractivity contribution < 1.29 is 28.5 Å². The summed E-state index contributed by atoms with van der Waals surface area (Å²) < 4.78 is 15.3. The Kier molecular flexibility index (Phi) is 8.32. The van der Waals surface area contributed by atoms with Crippen LogP contribution in [0.1, 0.15) is 0 Å². The number of benzene rings is 1. The molecule has 0 amide bonds. The summed E-state index contributed by atoms with van der Waals surface area (Å²) in [5.74, 6) is -0.282. The molecule has 0 aliphatic carbocycles. The Hall–Kier alpha value is -0.500. The highest BCUT2D eigenvalue weighted by atomic mass is 35.6. The SMILES string of the molecule is O=C(OCC(Cl)(Cl)Cl)Oc1ccccc1OC(=O)OCC(Cl)(Cl)Cl. The first kappa shape index (κ1) is 21.5. The molecule has 0 radical (unpaired) electrons. The molecule has 1 aromatic rings. The zero-order chi connectivity index (χ0) is 18.4. The highest BCUT2D eigenvalue weighted by molar-refractivity contribution is 6.68. The highest BCUT2D eigenvalue weighted by Gasteiger charge is 2.25. The summed E-state index contributed by atoms with van der Waals surface area (Å²) in [4.78, 5) is 23.0. The van der Waals surface area contributed by atoms with Crippen LogP contribution in [-0.4, -0.2) is 33.1 Å². The summed E-state index contributed by atoms with van der Waals surface area (Å²) >= 11 is 32.6. The van der Waals surface area contributed by atoms with Gasteiger partial charge in [-0.05, 0) is 12.1 Å². The molecule has 0 atom stereocenters. The second-order valence-corrected chi connectivity index (χ2v) is 8.99. The molecule has 0 heterocycles. The lowest BCUT2D eigenvalue weighted by atomic mass is 10.3. The van der Waals surface area contributed by atoms with Gasteiger partial charge in [-0.1, -0.05) is 81.7 Å². The van der Waals surface area contributed by atoms with Gasteiger partial charge in [0.1, 0.15) is 13.2 Å². The monoisotopic (exact) mass is 458 g/mol. The molecule has 0 bridgehead atoms. The first-order chi connectivity index (χ1) is 11.0. The van der Waals surface area contributed by atoms with Crippen LogP contribution in [0.15, 0.2) is 24.3 Å². The van der Waals surface area contributed by atoms with Crippen LogP contribution in [0.25, 0.3) is 0 Å². The fraction of sp³-hybridized carbons (Fsp3) is 0.333. The largest absolute Gasteiger partial charge is 0.514 e. The van der Waals surface area contributed by atoms with E-state index in [0.29, 0.717) is 0 Å². The van der Waals surface area contributed by atoms with Crippen LogP contribution < -0.4 is 9.47 Å². The zero-order valence-corrected chi connectivity index (χ0v) is 16.0. The zero-order valence-electron chi connectivity index (χ0n) is 11.4. The van der Waals surface area contributed by atoms with Gasteiger partial charge in [0.25, 0.3) is 0 Å². The molecule has 6 nitrogen and oxygen atoms in total. The predicted octanol–water partition coefficient (Wildman–Crippen LogP) is 5.46. The number of carbonyl (C=O) groups excluding carboxylic acids is 2. The Bertz CT molecular complexity index is 531. The van der Waals surface area contributed by atoms with E-state index in [9.17, 15) is 9.59 Å². The van der Waals surface area contributed by atoms with Crippen molar-refractivity contribution in [2.45, 2.75) is 7.59 Å². The van der Waals surface area contributed by atoms with Crippen molar-refractivity contribution in [2.75, 3.05) is 13.2 Å². The Morgan fingerprint density at radius 1 is 0.750 bits per heavy atom. The van der Waals surface area contributed by atoms with Crippen LogP contribution in [-0.2, 0) is 9.47 Å². The van der Waals surface area contributed by atoms with E-state index in [-0.39, 0.29) is 11.5 Å². The standard InChI is InChI=1S/C12H8Cl6O6/c13-11(14,15)5-21-9(19)23-7-3-1-2-4-8(7)24-10(20)22-6-12(16,17)18/h1-4H,5-6H2. The molecular weight excluding hydrogens is 453 g/mol. The van der Waals surface area contributed by atoms with Crippen molar-refractivity contribution in [3.05, 3.63) is 24.3 Å². The van der Waals surface area contributed by atoms with Crippen LogP contribution in [0.4, 0.5) is 9.59 Å². The third-order valence-corrected chi connectivity index (χ3v) is 2.60. The summed E-state index contributed by atoms with van der Waals surface area (Å²) in [6.07, 6.45) is -2.35. The molecular formula is C12H8Cl6O6. The van der Waals surface area contributed by atoms with E-state index in [0.717, 1.165) is 0 Å². The second kappa shape index (κ2) is 9.27. The molecule has 0 saturated carbocycles. The maximum atomic E-state index is 11.5. The van der Waals surface area contributed by atoms with Gasteiger partial charge in [-0.2, -0.15) is 0 Å². The molecule has 24 heavy (non-hydrogen) atoms. The molecule has 0 unspecified atom stereocenters. The molecule has 1 rings (SSSR count). The number of carbonyl (C=O) groups is 2. The van der Waals surface area contributed by atoms with Crippen LogP contribution in [0.3, 0.4) is 0 Å². The first-order valence-electron chi connectivity index (χ1n) is 5.88. The van der Waals surface area contributed by atoms with Gasteiger partial charge in [0.15, 0.2) is 11.5 Å². The number of ether oxygens (including phenoxy) is 4. The molecule has 0 aliphatic rings.